The Morgan fingerprint density at radius 1 is 1.29 bits per heavy atom. The molecule has 0 amide bonds. The Bertz CT molecular complexity index is 234. The summed E-state index contributed by atoms with van der Waals surface area (Å²) in [7, 11) is 0. The minimum absolute atomic E-state index is 0.242. The van der Waals surface area contributed by atoms with Gasteiger partial charge in [-0.3, -0.25) is 4.68 Å². The molecule has 0 aliphatic carbocycles. The van der Waals surface area contributed by atoms with Crippen LogP contribution in [0.2, 0.25) is 0 Å². The molecule has 0 unspecified atom stereocenters. The van der Waals surface area contributed by atoms with Crippen molar-refractivity contribution in [2.24, 2.45) is 0 Å². The molecule has 14 heavy (non-hydrogen) atoms. The maximum absolute atomic E-state index is 4.16. The molecule has 0 aliphatic heterocycles. The van der Waals surface area contributed by atoms with Crippen LogP contribution in [-0.4, -0.2) is 21.9 Å². The fourth-order valence-electron chi connectivity index (χ4n) is 1.29. The summed E-state index contributed by atoms with van der Waals surface area (Å²) in [5.41, 5.74) is 0.242. The van der Waals surface area contributed by atoms with E-state index in [1.807, 2.05) is 23.1 Å². The molecular formula is C11H21N3. The third-order valence-corrected chi connectivity index (χ3v) is 2.03. The van der Waals surface area contributed by atoms with Crippen molar-refractivity contribution in [3.8, 4) is 0 Å². The number of rotatable bonds is 5. The van der Waals surface area contributed by atoms with Gasteiger partial charge in [0, 0.05) is 24.5 Å². The van der Waals surface area contributed by atoms with Gasteiger partial charge in [-0.15, -0.1) is 0 Å². The van der Waals surface area contributed by atoms with E-state index in [0.29, 0.717) is 0 Å². The zero-order chi connectivity index (χ0) is 10.4. The summed E-state index contributed by atoms with van der Waals surface area (Å²) in [5.74, 6) is 0. The summed E-state index contributed by atoms with van der Waals surface area (Å²) in [5, 5.41) is 7.63. The Labute approximate surface area is 86.5 Å². The van der Waals surface area contributed by atoms with E-state index in [1.54, 1.807) is 0 Å². The molecular weight excluding hydrogens is 174 g/mol. The summed E-state index contributed by atoms with van der Waals surface area (Å²) >= 11 is 0. The molecule has 0 radical (unpaired) electrons. The van der Waals surface area contributed by atoms with E-state index in [1.165, 1.54) is 12.8 Å². The number of hydrogen-bond acceptors (Lipinski definition) is 2. The van der Waals surface area contributed by atoms with Crippen LogP contribution in [0.1, 0.15) is 33.6 Å². The normalized spacial score (nSPS) is 11.9. The minimum atomic E-state index is 0.242. The Morgan fingerprint density at radius 2 is 2.07 bits per heavy atom. The molecule has 0 atom stereocenters. The average molecular weight is 195 g/mol. The maximum atomic E-state index is 4.16. The highest BCUT2D eigenvalue weighted by Gasteiger charge is 2.06. The molecule has 0 spiro atoms. The molecule has 0 aliphatic rings. The molecule has 80 valence electrons. The zero-order valence-electron chi connectivity index (χ0n) is 9.45. The average Bonchev–Trinajstić information content (AvgIpc) is 2.54. The predicted molar refractivity (Wildman–Crippen MR) is 59.2 cm³/mol. The predicted octanol–water partition coefficient (Wildman–Crippen LogP) is 2.05. The molecule has 0 aromatic carbocycles. The van der Waals surface area contributed by atoms with Crippen molar-refractivity contribution in [1.82, 2.24) is 15.1 Å². The molecule has 1 aromatic heterocycles. The van der Waals surface area contributed by atoms with Gasteiger partial charge in [0.25, 0.3) is 0 Å². The lowest BCUT2D eigenvalue weighted by Crippen LogP contribution is -2.36. The topological polar surface area (TPSA) is 29.9 Å². The Hall–Kier alpha value is -0.830. The molecule has 1 N–H and O–H groups in total. The van der Waals surface area contributed by atoms with Gasteiger partial charge in [-0.25, -0.2) is 0 Å². The van der Waals surface area contributed by atoms with Gasteiger partial charge in [-0.1, -0.05) is 0 Å². The molecule has 1 rings (SSSR count). The lowest BCUT2D eigenvalue weighted by Gasteiger charge is -2.20. The smallest absolute Gasteiger partial charge is 0.0489 e. The largest absolute Gasteiger partial charge is 0.312 e. The molecule has 0 fully saturated rings. The first kappa shape index (κ1) is 11.2. The summed E-state index contributed by atoms with van der Waals surface area (Å²) in [4.78, 5) is 0. The van der Waals surface area contributed by atoms with E-state index < -0.39 is 0 Å². The summed E-state index contributed by atoms with van der Waals surface area (Å²) in [6, 6.07) is 1.97. The quantitative estimate of drug-likeness (QED) is 0.729. The molecule has 3 heteroatoms. The monoisotopic (exact) mass is 195 g/mol. The highest BCUT2D eigenvalue weighted by Crippen LogP contribution is 1.99. The van der Waals surface area contributed by atoms with Crippen LogP contribution in [0.4, 0.5) is 0 Å². The van der Waals surface area contributed by atoms with Crippen molar-refractivity contribution < 1.29 is 0 Å². The molecule has 0 bridgehead atoms. The van der Waals surface area contributed by atoms with Crippen LogP contribution in [0.5, 0.6) is 0 Å². The molecule has 0 saturated heterocycles. The lowest BCUT2D eigenvalue weighted by molar-refractivity contribution is 0.412. The van der Waals surface area contributed by atoms with Gasteiger partial charge in [0.05, 0.1) is 0 Å². The molecule has 1 aromatic rings. The third-order valence-electron chi connectivity index (χ3n) is 2.03. The van der Waals surface area contributed by atoms with Gasteiger partial charge in [0.1, 0.15) is 0 Å². The van der Waals surface area contributed by atoms with Crippen LogP contribution >= 0.6 is 0 Å². The molecule has 0 saturated carbocycles. The van der Waals surface area contributed by atoms with Crippen molar-refractivity contribution in [2.75, 3.05) is 6.54 Å². The van der Waals surface area contributed by atoms with Gasteiger partial charge in [0.2, 0.25) is 0 Å². The van der Waals surface area contributed by atoms with Gasteiger partial charge >= 0.3 is 0 Å². The lowest BCUT2D eigenvalue weighted by atomic mass is 10.1. The van der Waals surface area contributed by atoms with E-state index in [0.717, 1.165) is 13.1 Å². The van der Waals surface area contributed by atoms with Crippen LogP contribution in [-0.2, 0) is 6.54 Å². The SMILES string of the molecule is CC(C)(C)NCCCCn1cccn1. The van der Waals surface area contributed by atoms with E-state index in [2.05, 4.69) is 31.2 Å². The van der Waals surface area contributed by atoms with Crippen LogP contribution < -0.4 is 5.32 Å². The Morgan fingerprint density at radius 3 is 2.64 bits per heavy atom. The van der Waals surface area contributed by atoms with Gasteiger partial charge in [-0.05, 0) is 46.2 Å². The number of nitrogens with one attached hydrogen (secondary N) is 1. The summed E-state index contributed by atoms with van der Waals surface area (Å²) < 4.78 is 1.98. The van der Waals surface area contributed by atoms with Gasteiger partial charge in [0.15, 0.2) is 0 Å². The second kappa shape index (κ2) is 5.15. The summed E-state index contributed by atoms with van der Waals surface area (Å²) in [6.07, 6.45) is 6.23. The van der Waals surface area contributed by atoms with Crippen molar-refractivity contribution in [3.63, 3.8) is 0 Å². The Balaban J connectivity index is 2.00. The van der Waals surface area contributed by atoms with Crippen molar-refractivity contribution in [3.05, 3.63) is 18.5 Å². The standard InChI is InChI=1S/C11H21N3/c1-11(2,3)12-7-4-5-9-14-10-6-8-13-14/h6,8,10,12H,4-5,7,9H2,1-3H3. The second-order valence-electron chi connectivity index (χ2n) is 4.65. The minimum Gasteiger partial charge on any atom is -0.312 e. The fraction of sp³-hybridized carbons (Fsp3) is 0.727. The van der Waals surface area contributed by atoms with E-state index in [-0.39, 0.29) is 5.54 Å². The number of hydrogen-bond donors (Lipinski definition) is 1. The van der Waals surface area contributed by atoms with Crippen molar-refractivity contribution >= 4 is 0 Å². The third kappa shape index (κ3) is 5.02. The fourth-order valence-corrected chi connectivity index (χ4v) is 1.29. The van der Waals surface area contributed by atoms with Gasteiger partial charge in [-0.2, -0.15) is 5.10 Å². The first-order valence-corrected chi connectivity index (χ1v) is 5.30. The number of aryl methyl sites for hydroxylation is 1. The zero-order valence-corrected chi connectivity index (χ0v) is 9.45. The highest BCUT2D eigenvalue weighted by molar-refractivity contribution is 4.77. The Kier molecular flexibility index (Phi) is 4.14. The van der Waals surface area contributed by atoms with E-state index in [9.17, 15) is 0 Å². The number of unbranched alkanes of at least 4 members (excludes halogenated alkanes) is 1. The van der Waals surface area contributed by atoms with Crippen LogP contribution in [0, 0.1) is 0 Å². The van der Waals surface area contributed by atoms with Gasteiger partial charge < -0.3 is 5.32 Å². The van der Waals surface area contributed by atoms with E-state index in [4.69, 9.17) is 0 Å². The number of aromatic nitrogens is 2. The van der Waals surface area contributed by atoms with Crippen molar-refractivity contribution in [2.45, 2.75) is 45.7 Å². The maximum Gasteiger partial charge on any atom is 0.0489 e. The first-order chi connectivity index (χ1) is 6.58. The van der Waals surface area contributed by atoms with Crippen LogP contribution in [0.15, 0.2) is 18.5 Å². The first-order valence-electron chi connectivity index (χ1n) is 5.30. The second-order valence-corrected chi connectivity index (χ2v) is 4.65. The summed E-state index contributed by atoms with van der Waals surface area (Å²) in [6.45, 7) is 8.70. The highest BCUT2D eigenvalue weighted by atomic mass is 15.3. The van der Waals surface area contributed by atoms with Crippen LogP contribution in [0.3, 0.4) is 0 Å². The molecule has 1 heterocycles. The van der Waals surface area contributed by atoms with Crippen LogP contribution in [0.25, 0.3) is 0 Å². The van der Waals surface area contributed by atoms with Crippen molar-refractivity contribution in [1.29, 1.82) is 0 Å². The molecule has 3 nitrogen and oxygen atoms in total. The number of nitrogens with zero attached hydrogens (tertiary/aromatic N) is 2. The van der Waals surface area contributed by atoms with E-state index >= 15 is 0 Å².